The lowest BCUT2D eigenvalue weighted by Crippen LogP contribution is -2.34. The molecule has 6 nitrogen and oxygen atoms in total. The van der Waals surface area contributed by atoms with Crippen molar-refractivity contribution in [3.8, 4) is 0 Å². The quantitative estimate of drug-likeness (QED) is 0.903. The van der Waals surface area contributed by atoms with Crippen LogP contribution in [0.15, 0.2) is 0 Å². The number of aryl methyl sites for hydroxylation is 1. The van der Waals surface area contributed by atoms with Crippen LogP contribution in [0.1, 0.15) is 37.8 Å². The SMILES string of the molecule is CCN1CCC(Cc2nnc3n2CC(C(=O)O)CC3)CC1. The number of hydrogen-bond donors (Lipinski definition) is 1. The molecule has 6 heteroatoms. The van der Waals surface area contributed by atoms with Gasteiger partial charge in [0.1, 0.15) is 11.6 Å². The standard InChI is InChI=1S/C15H24N4O2/c1-2-18-7-5-11(6-8-18)9-14-17-16-13-4-3-12(15(20)21)10-19(13)14/h11-12H,2-10H2,1H3,(H,20,21). The van der Waals surface area contributed by atoms with E-state index < -0.39 is 5.97 Å². The third kappa shape index (κ3) is 3.10. The molecule has 3 heterocycles. The number of likely N-dealkylation sites (tertiary alicyclic amines) is 1. The van der Waals surface area contributed by atoms with Crippen molar-refractivity contribution >= 4 is 5.97 Å². The smallest absolute Gasteiger partial charge is 0.308 e. The predicted octanol–water partition coefficient (Wildman–Crippen LogP) is 1.20. The van der Waals surface area contributed by atoms with Gasteiger partial charge in [-0.1, -0.05) is 6.92 Å². The van der Waals surface area contributed by atoms with E-state index in [2.05, 4.69) is 26.6 Å². The largest absolute Gasteiger partial charge is 0.481 e. The molecule has 116 valence electrons. The van der Waals surface area contributed by atoms with Gasteiger partial charge in [-0.3, -0.25) is 4.79 Å². The highest BCUT2D eigenvalue weighted by Gasteiger charge is 2.28. The van der Waals surface area contributed by atoms with Crippen LogP contribution in [0.4, 0.5) is 0 Å². The van der Waals surface area contributed by atoms with Crippen LogP contribution in [0.2, 0.25) is 0 Å². The summed E-state index contributed by atoms with van der Waals surface area (Å²) in [6.07, 6.45) is 4.77. The lowest BCUT2D eigenvalue weighted by atomic mass is 9.92. The van der Waals surface area contributed by atoms with E-state index in [1.54, 1.807) is 0 Å². The van der Waals surface area contributed by atoms with E-state index in [9.17, 15) is 9.90 Å². The monoisotopic (exact) mass is 292 g/mol. The molecule has 1 unspecified atom stereocenters. The van der Waals surface area contributed by atoms with Gasteiger partial charge < -0.3 is 14.6 Å². The van der Waals surface area contributed by atoms with Crippen LogP contribution >= 0.6 is 0 Å². The van der Waals surface area contributed by atoms with Gasteiger partial charge in [0, 0.05) is 19.4 Å². The number of carboxylic acid groups (broad SMARTS) is 1. The zero-order valence-electron chi connectivity index (χ0n) is 12.7. The molecule has 1 aromatic heterocycles. The highest BCUT2D eigenvalue weighted by molar-refractivity contribution is 5.70. The minimum atomic E-state index is -0.698. The maximum Gasteiger partial charge on any atom is 0.308 e. The molecular formula is C15H24N4O2. The molecule has 1 aromatic rings. The summed E-state index contributed by atoms with van der Waals surface area (Å²) in [5.41, 5.74) is 0. The van der Waals surface area contributed by atoms with Crippen molar-refractivity contribution < 1.29 is 9.90 Å². The molecule has 21 heavy (non-hydrogen) atoms. The first kappa shape index (κ1) is 14.5. The van der Waals surface area contributed by atoms with Crippen molar-refractivity contribution in [1.29, 1.82) is 0 Å². The third-order valence-electron chi connectivity index (χ3n) is 5.00. The van der Waals surface area contributed by atoms with E-state index in [1.807, 2.05) is 0 Å². The van der Waals surface area contributed by atoms with Gasteiger partial charge in [-0.25, -0.2) is 0 Å². The summed E-state index contributed by atoms with van der Waals surface area (Å²) in [5.74, 6) is 1.64. The van der Waals surface area contributed by atoms with Gasteiger partial charge in [0.15, 0.2) is 0 Å². The Kier molecular flexibility index (Phi) is 4.24. The molecule has 1 N–H and O–H groups in total. The highest BCUT2D eigenvalue weighted by atomic mass is 16.4. The van der Waals surface area contributed by atoms with E-state index in [0.29, 0.717) is 18.9 Å². The predicted molar refractivity (Wildman–Crippen MR) is 78.0 cm³/mol. The number of hydrogen-bond acceptors (Lipinski definition) is 4. The van der Waals surface area contributed by atoms with Gasteiger partial charge in [-0.15, -0.1) is 10.2 Å². The fourth-order valence-corrected chi connectivity index (χ4v) is 3.50. The van der Waals surface area contributed by atoms with Crippen LogP contribution in [0, 0.1) is 11.8 Å². The van der Waals surface area contributed by atoms with Crippen molar-refractivity contribution in [3.63, 3.8) is 0 Å². The second kappa shape index (κ2) is 6.13. The zero-order chi connectivity index (χ0) is 14.8. The maximum absolute atomic E-state index is 11.2. The molecule has 0 bridgehead atoms. The zero-order valence-corrected chi connectivity index (χ0v) is 12.7. The van der Waals surface area contributed by atoms with Crippen molar-refractivity contribution in [3.05, 3.63) is 11.6 Å². The Labute approximate surface area is 125 Å². The van der Waals surface area contributed by atoms with Crippen molar-refractivity contribution in [2.75, 3.05) is 19.6 Å². The van der Waals surface area contributed by atoms with Gasteiger partial charge in [0.2, 0.25) is 0 Å². The molecule has 2 aliphatic heterocycles. The van der Waals surface area contributed by atoms with Crippen molar-refractivity contribution in [2.45, 2.75) is 45.6 Å². The van der Waals surface area contributed by atoms with Gasteiger partial charge in [0.05, 0.1) is 5.92 Å². The van der Waals surface area contributed by atoms with E-state index >= 15 is 0 Å². The van der Waals surface area contributed by atoms with Gasteiger partial charge >= 0.3 is 5.97 Å². The molecule has 2 aliphatic rings. The summed E-state index contributed by atoms with van der Waals surface area (Å²) in [4.78, 5) is 13.7. The lowest BCUT2D eigenvalue weighted by molar-refractivity contribution is -0.142. The minimum absolute atomic E-state index is 0.283. The Morgan fingerprint density at radius 1 is 1.29 bits per heavy atom. The number of fused-ring (bicyclic) bond motifs is 1. The van der Waals surface area contributed by atoms with E-state index in [-0.39, 0.29) is 5.92 Å². The fraction of sp³-hybridized carbons (Fsp3) is 0.800. The first-order valence-electron chi connectivity index (χ1n) is 8.03. The number of aromatic nitrogens is 3. The summed E-state index contributed by atoms with van der Waals surface area (Å²) < 4.78 is 2.06. The molecule has 0 spiro atoms. The number of nitrogens with zero attached hydrogens (tertiary/aromatic N) is 4. The Balaban J connectivity index is 1.65. The van der Waals surface area contributed by atoms with Gasteiger partial charge in [0.25, 0.3) is 0 Å². The van der Waals surface area contributed by atoms with E-state index in [4.69, 9.17) is 0 Å². The molecule has 0 saturated carbocycles. The number of carbonyl (C=O) groups is 1. The normalized spacial score (nSPS) is 24.0. The number of rotatable bonds is 4. The molecule has 1 fully saturated rings. The summed E-state index contributed by atoms with van der Waals surface area (Å²) in [5, 5.41) is 17.8. The molecule has 1 saturated heterocycles. The van der Waals surface area contributed by atoms with Crippen LogP contribution < -0.4 is 0 Å². The summed E-state index contributed by atoms with van der Waals surface area (Å²) >= 11 is 0. The molecule has 0 amide bonds. The minimum Gasteiger partial charge on any atom is -0.481 e. The topological polar surface area (TPSA) is 71.2 Å². The Bertz CT molecular complexity index is 506. The van der Waals surface area contributed by atoms with Gasteiger partial charge in [-0.2, -0.15) is 0 Å². The highest BCUT2D eigenvalue weighted by Crippen LogP contribution is 2.25. The molecule has 0 aromatic carbocycles. The average molecular weight is 292 g/mol. The molecular weight excluding hydrogens is 268 g/mol. The first-order chi connectivity index (χ1) is 10.2. The van der Waals surface area contributed by atoms with Crippen LogP contribution in [0.5, 0.6) is 0 Å². The maximum atomic E-state index is 11.2. The Morgan fingerprint density at radius 3 is 2.71 bits per heavy atom. The van der Waals surface area contributed by atoms with Crippen molar-refractivity contribution in [2.24, 2.45) is 11.8 Å². The van der Waals surface area contributed by atoms with Crippen LogP contribution in [-0.2, 0) is 24.2 Å². The van der Waals surface area contributed by atoms with E-state index in [1.165, 1.54) is 25.9 Å². The van der Waals surface area contributed by atoms with Gasteiger partial charge in [-0.05, 0) is 44.8 Å². The average Bonchev–Trinajstić information content (AvgIpc) is 2.90. The number of carboxylic acids is 1. The molecule has 0 radical (unpaired) electrons. The third-order valence-corrected chi connectivity index (χ3v) is 5.00. The van der Waals surface area contributed by atoms with Crippen LogP contribution in [0.3, 0.4) is 0 Å². The Hall–Kier alpha value is -1.43. The summed E-state index contributed by atoms with van der Waals surface area (Å²) in [6, 6.07) is 0. The van der Waals surface area contributed by atoms with Crippen LogP contribution in [0.25, 0.3) is 0 Å². The summed E-state index contributed by atoms with van der Waals surface area (Å²) in [7, 11) is 0. The molecule has 0 aliphatic carbocycles. The second-order valence-corrected chi connectivity index (χ2v) is 6.30. The second-order valence-electron chi connectivity index (χ2n) is 6.30. The fourth-order valence-electron chi connectivity index (χ4n) is 3.50. The Morgan fingerprint density at radius 2 is 2.05 bits per heavy atom. The summed E-state index contributed by atoms with van der Waals surface area (Å²) in [6.45, 7) is 6.22. The molecule has 3 rings (SSSR count). The number of piperidine rings is 1. The van der Waals surface area contributed by atoms with E-state index in [0.717, 1.165) is 31.0 Å². The van der Waals surface area contributed by atoms with Crippen LogP contribution in [-0.4, -0.2) is 50.4 Å². The van der Waals surface area contributed by atoms with Crippen molar-refractivity contribution in [1.82, 2.24) is 19.7 Å². The first-order valence-corrected chi connectivity index (χ1v) is 8.03. The number of aliphatic carboxylic acids is 1. The lowest BCUT2D eigenvalue weighted by Gasteiger charge is -2.31. The molecule has 1 atom stereocenters.